The molecule has 2 aromatic rings. The SMILES string of the molecule is CC1CC1c1ccc(CN(C)C(=O)CNC(=O)Cc2cccc(F)c2)o1. The summed E-state index contributed by atoms with van der Waals surface area (Å²) in [6.07, 6.45) is 1.19. The molecule has 0 bridgehead atoms. The molecule has 1 N–H and O–H groups in total. The lowest BCUT2D eigenvalue weighted by Gasteiger charge is -2.16. The van der Waals surface area contributed by atoms with Crippen molar-refractivity contribution >= 4 is 11.8 Å². The van der Waals surface area contributed by atoms with E-state index in [1.807, 2.05) is 12.1 Å². The van der Waals surface area contributed by atoms with Crippen LogP contribution in [-0.2, 0) is 22.6 Å². The predicted octanol–water partition coefficient (Wildman–Crippen LogP) is 2.86. The monoisotopic (exact) mass is 358 g/mol. The van der Waals surface area contributed by atoms with Gasteiger partial charge in [-0.2, -0.15) is 0 Å². The molecule has 1 aromatic heterocycles. The molecular weight excluding hydrogens is 335 g/mol. The highest BCUT2D eigenvalue weighted by Crippen LogP contribution is 2.47. The van der Waals surface area contributed by atoms with Crippen LogP contribution in [0.5, 0.6) is 0 Å². The van der Waals surface area contributed by atoms with E-state index in [9.17, 15) is 14.0 Å². The standard InChI is InChI=1S/C20H23FN2O3/c1-13-8-17(13)18-7-6-16(26-18)12-23(2)20(25)11-22-19(24)10-14-4-3-5-15(21)9-14/h3-7,9,13,17H,8,10-12H2,1-2H3,(H,22,24). The summed E-state index contributed by atoms with van der Waals surface area (Å²) in [5.74, 6) is 1.98. The normalized spacial score (nSPS) is 18.4. The van der Waals surface area contributed by atoms with Crippen molar-refractivity contribution in [1.29, 1.82) is 0 Å². The number of halogens is 1. The lowest BCUT2D eigenvalue weighted by molar-refractivity contribution is -0.132. The van der Waals surface area contributed by atoms with Gasteiger partial charge in [0.05, 0.1) is 19.5 Å². The highest BCUT2D eigenvalue weighted by atomic mass is 19.1. The molecule has 0 saturated heterocycles. The zero-order valence-electron chi connectivity index (χ0n) is 15.0. The van der Waals surface area contributed by atoms with E-state index in [1.54, 1.807) is 19.2 Å². The molecule has 1 heterocycles. The Morgan fingerprint density at radius 3 is 2.77 bits per heavy atom. The van der Waals surface area contributed by atoms with Gasteiger partial charge in [0, 0.05) is 13.0 Å². The topological polar surface area (TPSA) is 62.6 Å². The van der Waals surface area contributed by atoms with Crippen LogP contribution in [0.25, 0.3) is 0 Å². The summed E-state index contributed by atoms with van der Waals surface area (Å²) in [4.78, 5) is 25.6. The molecule has 1 aliphatic rings. The first kappa shape index (κ1) is 18.2. The first-order valence-electron chi connectivity index (χ1n) is 8.76. The van der Waals surface area contributed by atoms with Crippen LogP contribution in [0.3, 0.4) is 0 Å². The maximum absolute atomic E-state index is 13.1. The van der Waals surface area contributed by atoms with Gasteiger partial charge in [-0.15, -0.1) is 0 Å². The van der Waals surface area contributed by atoms with Crippen LogP contribution in [0.4, 0.5) is 4.39 Å². The highest BCUT2D eigenvalue weighted by molar-refractivity contribution is 5.85. The molecule has 6 heteroatoms. The second-order valence-electron chi connectivity index (χ2n) is 6.96. The van der Waals surface area contributed by atoms with Crippen molar-refractivity contribution in [2.45, 2.75) is 32.2 Å². The quantitative estimate of drug-likeness (QED) is 0.828. The second-order valence-corrected chi connectivity index (χ2v) is 6.96. The zero-order valence-corrected chi connectivity index (χ0v) is 15.0. The van der Waals surface area contributed by atoms with E-state index in [4.69, 9.17) is 4.42 Å². The number of likely N-dealkylation sites (N-methyl/N-ethyl adjacent to an activating group) is 1. The molecule has 0 radical (unpaired) electrons. The third-order valence-corrected chi connectivity index (χ3v) is 4.67. The number of nitrogens with one attached hydrogen (secondary N) is 1. The zero-order chi connectivity index (χ0) is 18.7. The molecule has 2 unspecified atom stereocenters. The van der Waals surface area contributed by atoms with Gasteiger partial charge in [0.25, 0.3) is 0 Å². The summed E-state index contributed by atoms with van der Waals surface area (Å²) >= 11 is 0. The predicted molar refractivity (Wildman–Crippen MR) is 94.8 cm³/mol. The molecule has 0 aliphatic heterocycles. The van der Waals surface area contributed by atoms with Gasteiger partial charge in [-0.1, -0.05) is 19.1 Å². The van der Waals surface area contributed by atoms with Crippen molar-refractivity contribution < 1.29 is 18.4 Å². The molecule has 138 valence electrons. The number of benzene rings is 1. The Balaban J connectivity index is 1.43. The molecule has 26 heavy (non-hydrogen) atoms. The lowest BCUT2D eigenvalue weighted by Crippen LogP contribution is -2.38. The lowest BCUT2D eigenvalue weighted by atomic mass is 10.1. The van der Waals surface area contributed by atoms with Gasteiger partial charge in [-0.3, -0.25) is 9.59 Å². The van der Waals surface area contributed by atoms with Crippen LogP contribution in [0.2, 0.25) is 0 Å². The maximum Gasteiger partial charge on any atom is 0.242 e. The molecule has 1 fully saturated rings. The van der Waals surface area contributed by atoms with Crippen molar-refractivity contribution in [2.75, 3.05) is 13.6 Å². The van der Waals surface area contributed by atoms with E-state index in [-0.39, 0.29) is 30.6 Å². The minimum Gasteiger partial charge on any atom is -0.464 e. The van der Waals surface area contributed by atoms with Crippen LogP contribution in [-0.4, -0.2) is 30.3 Å². The number of amides is 2. The Kier molecular flexibility index (Phi) is 5.40. The van der Waals surface area contributed by atoms with Gasteiger partial charge < -0.3 is 14.6 Å². The molecule has 2 atom stereocenters. The summed E-state index contributed by atoms with van der Waals surface area (Å²) in [5, 5.41) is 2.57. The largest absolute Gasteiger partial charge is 0.464 e. The Morgan fingerprint density at radius 2 is 2.08 bits per heavy atom. The van der Waals surface area contributed by atoms with Crippen molar-refractivity contribution in [2.24, 2.45) is 5.92 Å². The fourth-order valence-corrected chi connectivity index (χ4v) is 2.92. The number of hydrogen-bond acceptors (Lipinski definition) is 3. The first-order valence-corrected chi connectivity index (χ1v) is 8.76. The van der Waals surface area contributed by atoms with Crippen LogP contribution in [0.15, 0.2) is 40.8 Å². The minimum atomic E-state index is -0.385. The highest BCUT2D eigenvalue weighted by Gasteiger charge is 2.36. The Hall–Kier alpha value is -2.63. The molecule has 1 aromatic carbocycles. The Bertz CT molecular complexity index is 802. The van der Waals surface area contributed by atoms with Gasteiger partial charge >= 0.3 is 0 Å². The third-order valence-electron chi connectivity index (χ3n) is 4.67. The first-order chi connectivity index (χ1) is 12.4. The van der Waals surface area contributed by atoms with Crippen molar-refractivity contribution in [1.82, 2.24) is 10.2 Å². The number of rotatable bonds is 7. The summed E-state index contributed by atoms with van der Waals surface area (Å²) in [7, 11) is 1.67. The Labute approximate surface area is 152 Å². The number of furan rings is 1. The number of carbonyl (C=O) groups is 2. The average molecular weight is 358 g/mol. The Morgan fingerprint density at radius 1 is 1.31 bits per heavy atom. The van der Waals surface area contributed by atoms with Gasteiger partial charge in [0.15, 0.2) is 0 Å². The molecule has 5 nitrogen and oxygen atoms in total. The molecule has 3 rings (SSSR count). The van der Waals surface area contributed by atoms with E-state index in [0.29, 0.717) is 23.9 Å². The summed E-state index contributed by atoms with van der Waals surface area (Å²) < 4.78 is 18.9. The molecule has 2 amide bonds. The fourth-order valence-electron chi connectivity index (χ4n) is 2.92. The smallest absolute Gasteiger partial charge is 0.242 e. The molecular formula is C20H23FN2O3. The molecule has 1 saturated carbocycles. The molecule has 1 aliphatic carbocycles. The number of carbonyl (C=O) groups excluding carboxylic acids is 2. The van der Waals surface area contributed by atoms with Crippen LogP contribution in [0, 0.1) is 11.7 Å². The van der Waals surface area contributed by atoms with E-state index in [1.165, 1.54) is 17.0 Å². The van der Waals surface area contributed by atoms with E-state index < -0.39 is 0 Å². The van der Waals surface area contributed by atoms with Crippen molar-refractivity contribution in [3.63, 3.8) is 0 Å². The van der Waals surface area contributed by atoms with Gasteiger partial charge in [0.1, 0.15) is 17.3 Å². The van der Waals surface area contributed by atoms with Crippen molar-refractivity contribution in [3.8, 4) is 0 Å². The summed E-state index contributed by atoms with van der Waals surface area (Å²) in [5.41, 5.74) is 0.570. The maximum atomic E-state index is 13.1. The van der Waals surface area contributed by atoms with Gasteiger partial charge in [0.2, 0.25) is 11.8 Å². The molecule has 0 spiro atoms. The minimum absolute atomic E-state index is 0.0376. The number of nitrogens with zero attached hydrogens (tertiary/aromatic N) is 1. The summed E-state index contributed by atoms with van der Waals surface area (Å²) in [6, 6.07) is 9.73. The second kappa shape index (κ2) is 7.72. The van der Waals surface area contributed by atoms with E-state index in [0.717, 1.165) is 17.9 Å². The van der Waals surface area contributed by atoms with Crippen LogP contribution in [0.1, 0.15) is 36.3 Å². The van der Waals surface area contributed by atoms with E-state index >= 15 is 0 Å². The van der Waals surface area contributed by atoms with Crippen LogP contribution >= 0.6 is 0 Å². The van der Waals surface area contributed by atoms with Crippen molar-refractivity contribution in [3.05, 3.63) is 59.3 Å². The van der Waals surface area contributed by atoms with Gasteiger partial charge in [-0.25, -0.2) is 4.39 Å². The fraction of sp³-hybridized carbons (Fsp3) is 0.400. The third kappa shape index (κ3) is 4.71. The van der Waals surface area contributed by atoms with E-state index in [2.05, 4.69) is 12.2 Å². The van der Waals surface area contributed by atoms with Crippen LogP contribution < -0.4 is 5.32 Å². The van der Waals surface area contributed by atoms with Gasteiger partial charge in [-0.05, 0) is 42.2 Å². The number of hydrogen-bond donors (Lipinski definition) is 1. The average Bonchev–Trinajstić information content (AvgIpc) is 3.14. The summed E-state index contributed by atoms with van der Waals surface area (Å²) in [6.45, 7) is 2.45.